The van der Waals surface area contributed by atoms with E-state index in [1.807, 2.05) is 19.1 Å². The van der Waals surface area contributed by atoms with E-state index in [2.05, 4.69) is 11.8 Å². The zero-order valence-corrected chi connectivity index (χ0v) is 8.13. The zero-order chi connectivity index (χ0) is 10.6. The molecule has 0 heterocycles. The molecule has 0 aromatic heterocycles. The number of aryl methyl sites for hydroxylation is 1. The molecule has 0 fully saturated rings. The van der Waals surface area contributed by atoms with Gasteiger partial charge >= 0.3 is 0 Å². The first-order valence-corrected chi connectivity index (χ1v) is 4.09. The van der Waals surface area contributed by atoms with Gasteiger partial charge in [0.2, 0.25) is 0 Å². The normalized spacial score (nSPS) is 8.71. The highest BCUT2D eigenvalue weighted by molar-refractivity contribution is 5.92. The van der Waals surface area contributed by atoms with Crippen molar-refractivity contribution < 1.29 is 9.53 Å². The highest BCUT2D eigenvalue weighted by Crippen LogP contribution is 2.15. The van der Waals surface area contributed by atoms with Crippen molar-refractivity contribution in [2.24, 2.45) is 5.73 Å². The van der Waals surface area contributed by atoms with Crippen LogP contribution in [0.1, 0.15) is 11.1 Å². The molecule has 0 aliphatic carbocycles. The van der Waals surface area contributed by atoms with Gasteiger partial charge < -0.3 is 10.5 Å². The fraction of sp³-hybridized carbons (Fsp3) is 0.182. The van der Waals surface area contributed by atoms with E-state index in [1.54, 1.807) is 13.2 Å². The number of hydrogen-bond acceptors (Lipinski definition) is 2. The van der Waals surface area contributed by atoms with Crippen LogP contribution >= 0.6 is 0 Å². The second-order valence-corrected chi connectivity index (χ2v) is 2.80. The molecule has 0 spiro atoms. The average Bonchev–Trinajstić information content (AvgIpc) is 2.16. The van der Waals surface area contributed by atoms with Gasteiger partial charge in [-0.05, 0) is 30.5 Å². The number of primary amides is 1. The molecule has 1 aromatic carbocycles. The number of nitrogens with two attached hydrogens (primary N) is 1. The Morgan fingerprint density at radius 1 is 1.50 bits per heavy atom. The quantitative estimate of drug-likeness (QED) is 0.665. The maximum atomic E-state index is 10.5. The Hall–Kier alpha value is -1.95. The predicted molar refractivity (Wildman–Crippen MR) is 53.8 cm³/mol. The van der Waals surface area contributed by atoms with Crippen LogP contribution in [0.25, 0.3) is 0 Å². The summed E-state index contributed by atoms with van der Waals surface area (Å²) < 4.78 is 5.03. The summed E-state index contributed by atoms with van der Waals surface area (Å²) in [5.41, 5.74) is 6.66. The van der Waals surface area contributed by atoms with E-state index in [9.17, 15) is 4.79 Å². The summed E-state index contributed by atoms with van der Waals surface area (Å²) in [4.78, 5) is 10.5. The Kier molecular flexibility index (Phi) is 3.14. The van der Waals surface area contributed by atoms with E-state index in [-0.39, 0.29) is 0 Å². The van der Waals surface area contributed by atoms with E-state index in [4.69, 9.17) is 10.5 Å². The number of hydrogen-bond donors (Lipinski definition) is 1. The smallest absolute Gasteiger partial charge is 0.293 e. The lowest BCUT2D eigenvalue weighted by Crippen LogP contribution is -2.06. The molecule has 0 radical (unpaired) electrons. The van der Waals surface area contributed by atoms with Crippen molar-refractivity contribution in [1.29, 1.82) is 0 Å². The average molecular weight is 189 g/mol. The molecule has 72 valence electrons. The molecule has 3 heteroatoms. The summed E-state index contributed by atoms with van der Waals surface area (Å²) >= 11 is 0. The molecule has 0 saturated carbocycles. The first kappa shape index (κ1) is 10.1. The minimum Gasteiger partial charge on any atom is -0.497 e. The molecule has 3 nitrogen and oxygen atoms in total. The molecule has 0 unspecified atom stereocenters. The molecular weight excluding hydrogens is 178 g/mol. The molecule has 0 atom stereocenters. The van der Waals surface area contributed by atoms with Gasteiger partial charge in [-0.15, -0.1) is 0 Å². The summed E-state index contributed by atoms with van der Waals surface area (Å²) in [7, 11) is 1.58. The van der Waals surface area contributed by atoms with Crippen LogP contribution in [0.5, 0.6) is 5.75 Å². The molecule has 0 saturated heterocycles. The Morgan fingerprint density at radius 3 is 2.79 bits per heavy atom. The van der Waals surface area contributed by atoms with Gasteiger partial charge in [0.25, 0.3) is 5.91 Å². The van der Waals surface area contributed by atoms with Crippen LogP contribution < -0.4 is 10.5 Å². The largest absolute Gasteiger partial charge is 0.497 e. The lowest BCUT2D eigenvalue weighted by Gasteiger charge is -2.02. The monoisotopic (exact) mass is 189 g/mol. The Morgan fingerprint density at radius 2 is 2.21 bits per heavy atom. The van der Waals surface area contributed by atoms with Gasteiger partial charge in [0.1, 0.15) is 5.75 Å². The molecule has 2 N–H and O–H groups in total. The van der Waals surface area contributed by atoms with E-state index in [1.165, 1.54) is 0 Å². The summed E-state index contributed by atoms with van der Waals surface area (Å²) in [5.74, 6) is 5.05. The molecule has 0 aliphatic rings. The van der Waals surface area contributed by atoms with Crippen molar-refractivity contribution in [3.63, 3.8) is 0 Å². The molecule has 14 heavy (non-hydrogen) atoms. The standard InChI is InChI=1S/C11H11NO2/c1-8-3-5-10(14-2)7-9(8)4-6-11(12)13/h3,5,7H,1-2H3,(H2,12,13). The summed E-state index contributed by atoms with van der Waals surface area (Å²) in [6, 6.07) is 5.49. The van der Waals surface area contributed by atoms with Gasteiger partial charge in [0, 0.05) is 5.56 Å². The van der Waals surface area contributed by atoms with Crippen LogP contribution in [0.15, 0.2) is 18.2 Å². The maximum absolute atomic E-state index is 10.5. The minimum atomic E-state index is -0.632. The number of rotatable bonds is 1. The lowest BCUT2D eigenvalue weighted by molar-refractivity contribution is -0.112. The summed E-state index contributed by atoms with van der Waals surface area (Å²) in [6.45, 7) is 1.91. The van der Waals surface area contributed by atoms with Gasteiger partial charge in [0.05, 0.1) is 7.11 Å². The SMILES string of the molecule is COc1ccc(C)c(C#CC(N)=O)c1. The van der Waals surface area contributed by atoms with Gasteiger partial charge in [-0.25, -0.2) is 0 Å². The third-order valence-electron chi connectivity index (χ3n) is 1.77. The van der Waals surface area contributed by atoms with E-state index in [0.717, 1.165) is 11.1 Å². The minimum absolute atomic E-state index is 0.632. The molecule has 1 aromatic rings. The third kappa shape index (κ3) is 2.53. The number of methoxy groups -OCH3 is 1. The van der Waals surface area contributed by atoms with Crippen LogP contribution in [0.2, 0.25) is 0 Å². The third-order valence-corrected chi connectivity index (χ3v) is 1.77. The van der Waals surface area contributed by atoms with Gasteiger partial charge in [-0.2, -0.15) is 0 Å². The number of carbonyl (C=O) groups excluding carboxylic acids is 1. The van der Waals surface area contributed by atoms with Crippen LogP contribution in [0.4, 0.5) is 0 Å². The molecule has 0 aliphatic heterocycles. The number of carbonyl (C=O) groups is 1. The van der Waals surface area contributed by atoms with E-state index < -0.39 is 5.91 Å². The van der Waals surface area contributed by atoms with Crippen molar-refractivity contribution in [3.8, 4) is 17.6 Å². The predicted octanol–water partition coefficient (Wildman–Crippen LogP) is 0.840. The van der Waals surface area contributed by atoms with Crippen LogP contribution in [-0.2, 0) is 4.79 Å². The Balaban J connectivity index is 3.08. The van der Waals surface area contributed by atoms with Crippen molar-refractivity contribution in [2.45, 2.75) is 6.92 Å². The maximum Gasteiger partial charge on any atom is 0.293 e. The molecule has 1 rings (SSSR count). The first-order chi connectivity index (χ1) is 6.63. The fourth-order valence-corrected chi connectivity index (χ4v) is 0.992. The number of benzene rings is 1. The van der Waals surface area contributed by atoms with Crippen LogP contribution in [-0.4, -0.2) is 13.0 Å². The highest BCUT2D eigenvalue weighted by atomic mass is 16.5. The highest BCUT2D eigenvalue weighted by Gasteiger charge is 1.97. The summed E-state index contributed by atoms with van der Waals surface area (Å²) in [5, 5.41) is 0. The Labute approximate surface area is 82.9 Å². The summed E-state index contributed by atoms with van der Waals surface area (Å²) in [6.07, 6.45) is 0. The van der Waals surface area contributed by atoms with E-state index in [0.29, 0.717) is 5.75 Å². The first-order valence-electron chi connectivity index (χ1n) is 4.09. The van der Waals surface area contributed by atoms with Gasteiger partial charge in [-0.1, -0.05) is 12.0 Å². The lowest BCUT2D eigenvalue weighted by atomic mass is 10.1. The fourth-order valence-electron chi connectivity index (χ4n) is 0.992. The number of ether oxygens (including phenoxy) is 1. The number of amides is 1. The zero-order valence-electron chi connectivity index (χ0n) is 8.13. The van der Waals surface area contributed by atoms with Gasteiger partial charge in [-0.3, -0.25) is 4.79 Å². The molecule has 1 amide bonds. The van der Waals surface area contributed by atoms with Crippen LogP contribution in [0, 0.1) is 18.8 Å². The second kappa shape index (κ2) is 4.33. The molecule has 0 bridgehead atoms. The second-order valence-electron chi connectivity index (χ2n) is 2.80. The van der Waals surface area contributed by atoms with Crippen molar-refractivity contribution in [2.75, 3.05) is 7.11 Å². The van der Waals surface area contributed by atoms with Gasteiger partial charge in [0.15, 0.2) is 0 Å². The topological polar surface area (TPSA) is 52.3 Å². The van der Waals surface area contributed by atoms with Crippen molar-refractivity contribution in [1.82, 2.24) is 0 Å². The van der Waals surface area contributed by atoms with Crippen molar-refractivity contribution >= 4 is 5.91 Å². The van der Waals surface area contributed by atoms with Crippen molar-refractivity contribution in [3.05, 3.63) is 29.3 Å². The Bertz CT molecular complexity index is 413. The molecular formula is C11H11NO2. The van der Waals surface area contributed by atoms with Crippen LogP contribution in [0.3, 0.4) is 0 Å². The van der Waals surface area contributed by atoms with E-state index >= 15 is 0 Å².